The van der Waals surface area contributed by atoms with Crippen LogP contribution < -0.4 is 5.32 Å². The third-order valence-electron chi connectivity index (χ3n) is 6.94. The van der Waals surface area contributed by atoms with Crippen molar-refractivity contribution in [1.29, 1.82) is 0 Å². The number of carbonyl (C=O) groups excluding carboxylic acids is 1. The Labute approximate surface area is 199 Å². The van der Waals surface area contributed by atoms with Crippen molar-refractivity contribution in [3.8, 4) is 0 Å². The van der Waals surface area contributed by atoms with Gasteiger partial charge in [0.15, 0.2) is 0 Å². The molecule has 0 unspecified atom stereocenters. The topological polar surface area (TPSA) is 87.2 Å². The number of benzene rings is 2. The van der Waals surface area contributed by atoms with Crippen molar-refractivity contribution < 1.29 is 13.2 Å². The van der Waals surface area contributed by atoms with Gasteiger partial charge in [0.1, 0.15) is 0 Å². The van der Waals surface area contributed by atoms with Gasteiger partial charge in [0.2, 0.25) is 15.9 Å². The number of aromatic amines is 1. The average Bonchev–Trinajstić information content (AvgIpc) is 3.41. The minimum atomic E-state index is -3.58. The molecule has 34 heavy (non-hydrogen) atoms. The van der Waals surface area contributed by atoms with Crippen molar-refractivity contribution in [2.45, 2.75) is 31.1 Å². The summed E-state index contributed by atoms with van der Waals surface area (Å²) in [5, 5.41) is 5.16. The molecule has 0 saturated carbocycles. The smallest absolute Gasteiger partial charge is 0.243 e. The lowest BCUT2D eigenvalue weighted by Crippen LogP contribution is -2.43. The summed E-state index contributed by atoms with van der Waals surface area (Å²) in [5.41, 5.74) is 4.50. The summed E-state index contributed by atoms with van der Waals surface area (Å²) in [6, 6.07) is 13.5. The summed E-state index contributed by atoms with van der Waals surface area (Å²) in [6.45, 7) is 3.35. The van der Waals surface area contributed by atoms with E-state index in [1.165, 1.54) is 20.8 Å². The van der Waals surface area contributed by atoms with E-state index >= 15 is 0 Å². The van der Waals surface area contributed by atoms with Crippen LogP contribution in [0.3, 0.4) is 0 Å². The molecule has 0 aliphatic carbocycles. The first kappa shape index (κ1) is 22.7. The molecule has 7 nitrogen and oxygen atoms in total. The second kappa shape index (κ2) is 8.92. The maximum Gasteiger partial charge on any atom is 0.243 e. The van der Waals surface area contributed by atoms with Crippen LogP contribution in [0.1, 0.15) is 24.0 Å². The first-order chi connectivity index (χ1) is 16.3. The molecule has 1 amide bonds. The van der Waals surface area contributed by atoms with Gasteiger partial charge in [-0.3, -0.25) is 4.79 Å². The van der Waals surface area contributed by atoms with Crippen LogP contribution in [0.15, 0.2) is 59.8 Å². The van der Waals surface area contributed by atoms with Gasteiger partial charge in [-0.15, -0.1) is 0 Å². The number of H-pyrrole nitrogens is 1. The molecule has 1 fully saturated rings. The second-order valence-electron chi connectivity index (χ2n) is 9.23. The highest BCUT2D eigenvalue weighted by Crippen LogP contribution is 2.27. The Balaban J connectivity index is 1.16. The largest absolute Gasteiger partial charge is 0.361 e. The number of nitrogens with zero attached hydrogens (tertiary/aromatic N) is 2. The van der Waals surface area contributed by atoms with E-state index in [0.29, 0.717) is 37.4 Å². The number of sulfonamides is 1. The van der Waals surface area contributed by atoms with E-state index in [-0.39, 0.29) is 11.8 Å². The van der Waals surface area contributed by atoms with Crippen LogP contribution in [0.2, 0.25) is 0 Å². The van der Waals surface area contributed by atoms with Gasteiger partial charge in [0.25, 0.3) is 0 Å². The molecule has 0 radical (unpaired) electrons. The number of rotatable bonds is 6. The van der Waals surface area contributed by atoms with Crippen molar-refractivity contribution >= 4 is 37.7 Å². The third kappa shape index (κ3) is 4.23. The van der Waals surface area contributed by atoms with Crippen LogP contribution in [-0.4, -0.2) is 47.8 Å². The number of nitrogens with one attached hydrogen (secondary N) is 2. The van der Waals surface area contributed by atoms with Crippen LogP contribution in [-0.2, 0) is 28.3 Å². The maximum absolute atomic E-state index is 13.2. The molecule has 1 aliphatic rings. The number of fused-ring (bicyclic) bond motifs is 2. The molecule has 0 spiro atoms. The molecule has 5 rings (SSSR count). The quantitative estimate of drug-likeness (QED) is 0.443. The van der Waals surface area contributed by atoms with Gasteiger partial charge in [0.05, 0.1) is 4.90 Å². The van der Waals surface area contributed by atoms with Gasteiger partial charge >= 0.3 is 0 Å². The van der Waals surface area contributed by atoms with Crippen molar-refractivity contribution in [2.24, 2.45) is 13.0 Å². The zero-order valence-electron chi connectivity index (χ0n) is 19.5. The molecule has 3 heterocycles. The van der Waals surface area contributed by atoms with E-state index in [4.69, 9.17) is 0 Å². The minimum Gasteiger partial charge on any atom is -0.361 e. The molecule has 2 aromatic heterocycles. The highest BCUT2D eigenvalue weighted by Gasteiger charge is 2.32. The van der Waals surface area contributed by atoms with E-state index in [9.17, 15) is 13.2 Å². The predicted octanol–water partition coefficient (Wildman–Crippen LogP) is 3.73. The minimum absolute atomic E-state index is 0.0128. The molecule has 0 bridgehead atoms. The van der Waals surface area contributed by atoms with Crippen molar-refractivity contribution in [2.75, 3.05) is 19.6 Å². The number of piperidine rings is 1. The summed E-state index contributed by atoms with van der Waals surface area (Å²) in [5.74, 6) is -0.146. The molecule has 2 N–H and O–H groups in total. The van der Waals surface area contributed by atoms with E-state index in [2.05, 4.69) is 35.4 Å². The van der Waals surface area contributed by atoms with Crippen LogP contribution in [0.4, 0.5) is 0 Å². The highest BCUT2D eigenvalue weighted by atomic mass is 32.2. The maximum atomic E-state index is 13.2. The Kier molecular flexibility index (Phi) is 5.95. The Morgan fingerprint density at radius 2 is 1.91 bits per heavy atom. The average molecular weight is 479 g/mol. The van der Waals surface area contributed by atoms with Gasteiger partial charge in [-0.2, -0.15) is 4.31 Å². The summed E-state index contributed by atoms with van der Waals surface area (Å²) >= 11 is 0. The number of hydrogen-bond donors (Lipinski definition) is 2. The van der Waals surface area contributed by atoms with Crippen molar-refractivity contribution in [1.82, 2.24) is 19.2 Å². The first-order valence-corrected chi connectivity index (χ1v) is 13.2. The molecule has 4 aromatic rings. The summed E-state index contributed by atoms with van der Waals surface area (Å²) in [6.07, 6.45) is 5.75. The van der Waals surface area contributed by atoms with Crippen molar-refractivity contribution in [3.63, 3.8) is 0 Å². The summed E-state index contributed by atoms with van der Waals surface area (Å²) in [4.78, 5) is 16.3. The number of aromatic nitrogens is 2. The van der Waals surface area contributed by atoms with Gasteiger partial charge in [-0.05, 0) is 68.1 Å². The number of amides is 1. The zero-order chi connectivity index (χ0) is 23.9. The van der Waals surface area contributed by atoms with E-state index in [0.717, 1.165) is 22.8 Å². The molecule has 8 heteroatoms. The fourth-order valence-corrected chi connectivity index (χ4v) is 6.40. The Hall–Kier alpha value is -3.10. The molecular weight excluding hydrogens is 448 g/mol. The van der Waals surface area contributed by atoms with Crippen LogP contribution >= 0.6 is 0 Å². The third-order valence-corrected chi connectivity index (χ3v) is 8.83. The Morgan fingerprint density at radius 1 is 1.12 bits per heavy atom. The Bertz CT molecular complexity index is 1460. The molecule has 178 valence electrons. The fourth-order valence-electron chi connectivity index (χ4n) is 4.89. The second-order valence-corrected chi connectivity index (χ2v) is 11.2. The van der Waals surface area contributed by atoms with E-state index < -0.39 is 10.0 Å². The molecular formula is C26H30N4O3S. The summed E-state index contributed by atoms with van der Waals surface area (Å²) in [7, 11) is -1.64. The van der Waals surface area contributed by atoms with Gasteiger partial charge < -0.3 is 14.9 Å². The van der Waals surface area contributed by atoms with Gasteiger partial charge in [0, 0.05) is 66.8 Å². The van der Waals surface area contributed by atoms with Crippen molar-refractivity contribution in [3.05, 3.63) is 66.0 Å². The molecule has 1 aliphatic heterocycles. The standard InChI is InChI=1S/C26H30N4O3S/c1-18-3-5-24-23(15-18)21(17-28-24)7-11-27-26(31)19-9-13-30(14-10-19)34(32,33)22-4-6-25-20(16-22)8-12-29(25)2/h3-6,8,12,15-17,19,28H,7,9-11,13-14H2,1-2H3,(H,27,31). The summed E-state index contributed by atoms with van der Waals surface area (Å²) < 4.78 is 29.8. The van der Waals surface area contributed by atoms with Crippen LogP contribution in [0, 0.1) is 12.8 Å². The highest BCUT2D eigenvalue weighted by molar-refractivity contribution is 7.89. The van der Waals surface area contributed by atoms with Gasteiger partial charge in [-0.25, -0.2) is 8.42 Å². The molecule has 1 saturated heterocycles. The van der Waals surface area contributed by atoms with Crippen LogP contribution in [0.25, 0.3) is 21.8 Å². The fraction of sp³-hybridized carbons (Fsp3) is 0.346. The normalized spacial score (nSPS) is 15.8. The van der Waals surface area contributed by atoms with Gasteiger partial charge in [-0.1, -0.05) is 11.6 Å². The Morgan fingerprint density at radius 3 is 2.71 bits per heavy atom. The lowest BCUT2D eigenvalue weighted by Gasteiger charge is -2.30. The first-order valence-electron chi connectivity index (χ1n) is 11.7. The van der Waals surface area contributed by atoms with E-state index in [1.54, 1.807) is 12.1 Å². The number of carbonyl (C=O) groups is 1. The SMILES string of the molecule is Cc1ccc2[nH]cc(CCNC(=O)C3CCN(S(=O)(=O)c4ccc5c(ccn5C)c4)CC3)c2c1. The zero-order valence-corrected chi connectivity index (χ0v) is 20.4. The number of aryl methyl sites for hydroxylation is 2. The predicted molar refractivity (Wildman–Crippen MR) is 134 cm³/mol. The van der Waals surface area contributed by atoms with E-state index in [1.807, 2.05) is 36.1 Å². The molecule has 2 aromatic carbocycles. The van der Waals surface area contributed by atoms with Crippen LogP contribution in [0.5, 0.6) is 0 Å². The lowest BCUT2D eigenvalue weighted by molar-refractivity contribution is -0.126. The monoisotopic (exact) mass is 478 g/mol. The number of hydrogen-bond acceptors (Lipinski definition) is 3. The molecule has 0 atom stereocenters. The lowest BCUT2D eigenvalue weighted by atomic mass is 9.97.